The lowest BCUT2D eigenvalue weighted by molar-refractivity contribution is 0.641. The Balaban J connectivity index is 1.08. The highest BCUT2D eigenvalue weighted by Crippen LogP contribution is 2.55. The molecule has 11 rings (SSSR count). The standard InChI is InChI=1S/C56H45BS2/c1-35(2)37-29-38(31-40(30-37)54-45-23-13-11-21-43(45)53(36-17-7-5-8-18-36)44-22-12-14-24-46(44)54)39-32-51-55-52(33-39)59-50-28-27-42(56(3,4)41-19-9-6-10-20-41)34-48(50)57(55)47-25-15-16-26-49(47)58-51/h5-35,52,55H,1-4H3. The molecule has 59 heavy (non-hydrogen) atoms. The van der Waals surface area contributed by atoms with E-state index in [1.165, 1.54) is 97.2 Å². The summed E-state index contributed by atoms with van der Waals surface area (Å²) < 4.78 is 0. The van der Waals surface area contributed by atoms with Crippen LogP contribution in [0.25, 0.3) is 49.4 Å². The number of thioether (sulfide) groups is 2. The van der Waals surface area contributed by atoms with Crippen molar-refractivity contribution in [1.29, 1.82) is 0 Å². The molecule has 0 fully saturated rings. The monoisotopic (exact) mass is 792 g/mol. The van der Waals surface area contributed by atoms with Gasteiger partial charge in [0.1, 0.15) is 0 Å². The van der Waals surface area contributed by atoms with Crippen LogP contribution < -0.4 is 10.9 Å². The highest BCUT2D eigenvalue weighted by molar-refractivity contribution is 8.04. The van der Waals surface area contributed by atoms with Crippen LogP contribution in [0.3, 0.4) is 0 Å². The Morgan fingerprint density at radius 1 is 0.525 bits per heavy atom. The Morgan fingerprint density at radius 3 is 1.80 bits per heavy atom. The zero-order chi connectivity index (χ0) is 39.8. The highest BCUT2D eigenvalue weighted by atomic mass is 32.2. The molecule has 8 aromatic carbocycles. The van der Waals surface area contributed by atoms with Gasteiger partial charge in [-0.05, 0) is 113 Å². The first kappa shape index (κ1) is 36.6. The minimum Gasteiger partial charge on any atom is -0.119 e. The van der Waals surface area contributed by atoms with Crippen LogP contribution in [0.1, 0.15) is 55.9 Å². The molecule has 3 heteroatoms. The Kier molecular flexibility index (Phi) is 8.91. The van der Waals surface area contributed by atoms with Crippen LogP contribution in [0, 0.1) is 0 Å². The molecular weight excluding hydrogens is 748 g/mol. The topological polar surface area (TPSA) is 0 Å². The van der Waals surface area contributed by atoms with Gasteiger partial charge in [0, 0.05) is 20.5 Å². The van der Waals surface area contributed by atoms with Gasteiger partial charge in [0.25, 0.3) is 0 Å². The van der Waals surface area contributed by atoms with E-state index < -0.39 is 0 Å². The van der Waals surface area contributed by atoms with Gasteiger partial charge in [-0.15, -0.1) is 11.8 Å². The van der Waals surface area contributed by atoms with Crippen LogP contribution in [0.5, 0.6) is 0 Å². The van der Waals surface area contributed by atoms with Crippen molar-refractivity contribution in [3.05, 3.63) is 209 Å². The fraction of sp³-hybridized carbons (Fsp3) is 0.143. The third kappa shape index (κ3) is 6.08. The largest absolute Gasteiger partial charge is 0.221 e. The maximum Gasteiger partial charge on any atom is 0.221 e. The van der Waals surface area contributed by atoms with Crippen molar-refractivity contribution in [1.82, 2.24) is 0 Å². The fourth-order valence-electron chi connectivity index (χ4n) is 10.1. The van der Waals surface area contributed by atoms with Crippen LogP contribution >= 0.6 is 23.5 Å². The Labute approximate surface area is 357 Å². The first-order valence-electron chi connectivity index (χ1n) is 21.0. The molecule has 0 nitrogen and oxygen atoms in total. The minimum atomic E-state index is -0.100. The zero-order valence-electron chi connectivity index (χ0n) is 33.9. The molecule has 2 atom stereocenters. The Bertz CT molecular complexity index is 2950. The molecule has 0 saturated carbocycles. The van der Waals surface area contributed by atoms with E-state index in [1.807, 2.05) is 11.8 Å². The molecule has 0 aromatic heterocycles. The van der Waals surface area contributed by atoms with Gasteiger partial charge in [-0.25, -0.2) is 0 Å². The van der Waals surface area contributed by atoms with Gasteiger partial charge in [-0.1, -0.05) is 208 Å². The molecule has 0 radical (unpaired) electrons. The maximum absolute atomic E-state index is 2.61. The average molecular weight is 793 g/mol. The van der Waals surface area contributed by atoms with Crippen LogP contribution in [0.2, 0.25) is 5.82 Å². The lowest BCUT2D eigenvalue weighted by Gasteiger charge is -2.44. The van der Waals surface area contributed by atoms with Crippen LogP contribution in [-0.2, 0) is 5.41 Å². The van der Waals surface area contributed by atoms with Crippen LogP contribution in [0.15, 0.2) is 197 Å². The molecule has 284 valence electrons. The molecule has 0 saturated heterocycles. The van der Waals surface area contributed by atoms with Crippen molar-refractivity contribution in [2.24, 2.45) is 0 Å². The number of allylic oxidation sites excluding steroid dienone is 3. The lowest BCUT2D eigenvalue weighted by atomic mass is 9.32. The van der Waals surface area contributed by atoms with Gasteiger partial charge in [0.15, 0.2) is 0 Å². The lowest BCUT2D eigenvalue weighted by Crippen LogP contribution is -2.55. The van der Waals surface area contributed by atoms with E-state index in [2.05, 4.69) is 221 Å². The van der Waals surface area contributed by atoms with Crippen molar-refractivity contribution >= 4 is 68.3 Å². The second kappa shape index (κ2) is 14.4. The number of benzene rings is 8. The summed E-state index contributed by atoms with van der Waals surface area (Å²) in [5, 5.41) is 5.51. The van der Waals surface area contributed by atoms with Crippen molar-refractivity contribution in [2.75, 3.05) is 0 Å². The summed E-state index contributed by atoms with van der Waals surface area (Å²) in [5.41, 5.74) is 14.8. The fourth-order valence-corrected chi connectivity index (χ4v) is 12.9. The number of hydrogen-bond donors (Lipinski definition) is 0. The molecule has 2 aliphatic heterocycles. The zero-order valence-corrected chi connectivity index (χ0v) is 35.6. The van der Waals surface area contributed by atoms with Gasteiger partial charge in [0.2, 0.25) is 6.71 Å². The van der Waals surface area contributed by atoms with Gasteiger partial charge in [-0.2, -0.15) is 0 Å². The molecule has 0 amide bonds. The van der Waals surface area contributed by atoms with Crippen molar-refractivity contribution < 1.29 is 0 Å². The number of rotatable bonds is 6. The maximum atomic E-state index is 2.61. The normalized spacial score (nSPS) is 17.0. The number of hydrogen-bond acceptors (Lipinski definition) is 2. The Morgan fingerprint density at radius 2 is 1.12 bits per heavy atom. The average Bonchev–Trinajstić information content (AvgIpc) is 3.28. The van der Waals surface area contributed by atoms with E-state index in [0.717, 1.165) is 0 Å². The molecule has 8 aromatic rings. The number of fused-ring (bicyclic) bond motifs is 6. The molecule has 1 aliphatic carbocycles. The second-order valence-electron chi connectivity index (χ2n) is 17.3. The molecule has 0 N–H and O–H groups in total. The van der Waals surface area contributed by atoms with Crippen molar-refractivity contribution in [2.45, 2.75) is 59.9 Å². The van der Waals surface area contributed by atoms with Crippen LogP contribution in [0.4, 0.5) is 0 Å². The third-order valence-corrected chi connectivity index (χ3v) is 15.8. The summed E-state index contributed by atoms with van der Waals surface area (Å²) in [6.45, 7) is 9.72. The quantitative estimate of drug-likeness (QED) is 0.121. The molecule has 0 bridgehead atoms. The van der Waals surface area contributed by atoms with Gasteiger partial charge in [0.05, 0.1) is 0 Å². The van der Waals surface area contributed by atoms with Crippen molar-refractivity contribution in [3.8, 4) is 22.3 Å². The summed E-state index contributed by atoms with van der Waals surface area (Å²) >= 11 is 4.07. The third-order valence-electron chi connectivity index (χ3n) is 13.2. The van der Waals surface area contributed by atoms with Crippen molar-refractivity contribution in [3.63, 3.8) is 0 Å². The second-order valence-corrected chi connectivity index (χ2v) is 19.7. The highest BCUT2D eigenvalue weighted by Gasteiger charge is 2.47. The molecule has 0 spiro atoms. The summed E-state index contributed by atoms with van der Waals surface area (Å²) in [6.07, 6.45) is 5.17. The van der Waals surface area contributed by atoms with E-state index in [-0.39, 0.29) is 5.41 Å². The van der Waals surface area contributed by atoms with Gasteiger partial charge in [-0.3, -0.25) is 0 Å². The smallest absolute Gasteiger partial charge is 0.119 e. The predicted octanol–water partition coefficient (Wildman–Crippen LogP) is 14.3. The molecule has 3 aliphatic rings. The van der Waals surface area contributed by atoms with Gasteiger partial charge >= 0.3 is 0 Å². The summed E-state index contributed by atoms with van der Waals surface area (Å²) in [4.78, 5) is 4.29. The summed E-state index contributed by atoms with van der Waals surface area (Å²) in [6, 6.07) is 64.0. The minimum absolute atomic E-state index is 0.100. The van der Waals surface area contributed by atoms with E-state index in [1.54, 1.807) is 0 Å². The first-order valence-corrected chi connectivity index (χ1v) is 22.7. The van der Waals surface area contributed by atoms with Gasteiger partial charge < -0.3 is 0 Å². The summed E-state index contributed by atoms with van der Waals surface area (Å²) in [7, 11) is 0. The molecule has 2 heterocycles. The van der Waals surface area contributed by atoms with E-state index >= 15 is 0 Å². The SMILES string of the molecule is CC(C)c1cc(C2=CC3Sc4ccc(C(C)(C)c5ccccc5)cc4B4c5ccccc5SC(=C2)C43)cc(-c2c3ccccc3c(-c3ccccc3)c3ccccc23)c1. The van der Waals surface area contributed by atoms with E-state index in [4.69, 9.17) is 0 Å². The predicted molar refractivity (Wildman–Crippen MR) is 258 cm³/mol. The molecular formula is C56H45BS2. The van der Waals surface area contributed by atoms with Crippen LogP contribution in [-0.4, -0.2) is 12.0 Å². The van der Waals surface area contributed by atoms with E-state index in [0.29, 0.717) is 23.7 Å². The summed E-state index contributed by atoms with van der Waals surface area (Å²) in [5.74, 6) is 0.766. The molecule has 2 unspecified atom stereocenters. The van der Waals surface area contributed by atoms with E-state index in [9.17, 15) is 0 Å². The first-order chi connectivity index (χ1) is 28.8. The Hall–Kier alpha value is -5.48.